The lowest BCUT2D eigenvalue weighted by atomic mass is 9.99. The molecule has 0 aliphatic heterocycles. The zero-order valence-corrected chi connectivity index (χ0v) is 9.32. The van der Waals surface area contributed by atoms with Gasteiger partial charge < -0.3 is 14.8 Å². The summed E-state index contributed by atoms with van der Waals surface area (Å²) in [7, 11) is 0. The molecule has 88 valence electrons. The molecule has 0 spiro atoms. The number of nitrogens with one attached hydrogen (secondary N) is 1. The first kappa shape index (κ1) is 11.1. The number of amides is 1. The fourth-order valence-corrected chi connectivity index (χ4v) is 2.19. The van der Waals surface area contributed by atoms with Gasteiger partial charge in [-0.3, -0.25) is 4.79 Å². The number of hydrogen-bond acceptors (Lipinski definition) is 4. The first-order valence-corrected chi connectivity index (χ1v) is 5.50. The van der Waals surface area contributed by atoms with Crippen LogP contribution in [0, 0.1) is 6.92 Å². The molecule has 0 atom stereocenters. The van der Waals surface area contributed by atoms with Crippen LogP contribution in [0.1, 0.15) is 41.9 Å². The topological polar surface area (TPSA) is 75.4 Å². The van der Waals surface area contributed by atoms with Crippen molar-refractivity contribution in [3.05, 3.63) is 17.8 Å². The third-order valence-electron chi connectivity index (χ3n) is 3.19. The van der Waals surface area contributed by atoms with Crippen LogP contribution in [0.25, 0.3) is 0 Å². The smallest absolute Gasteiger partial charge is 0.289 e. The molecule has 0 aromatic carbocycles. The van der Waals surface area contributed by atoms with Gasteiger partial charge in [-0.2, -0.15) is 0 Å². The molecule has 5 nitrogen and oxygen atoms in total. The second-order valence-corrected chi connectivity index (χ2v) is 4.37. The van der Waals surface area contributed by atoms with Crippen molar-refractivity contribution in [2.75, 3.05) is 6.61 Å². The molecule has 1 aromatic heterocycles. The van der Waals surface area contributed by atoms with Gasteiger partial charge in [0, 0.05) is 0 Å². The summed E-state index contributed by atoms with van der Waals surface area (Å²) in [6, 6.07) is 0. The Morgan fingerprint density at radius 2 is 2.31 bits per heavy atom. The molecule has 1 aliphatic rings. The van der Waals surface area contributed by atoms with Gasteiger partial charge in [-0.15, -0.1) is 0 Å². The Labute approximate surface area is 93.9 Å². The molecule has 0 saturated heterocycles. The van der Waals surface area contributed by atoms with E-state index in [-0.39, 0.29) is 18.3 Å². The maximum atomic E-state index is 11.9. The van der Waals surface area contributed by atoms with E-state index in [1.807, 2.05) is 0 Å². The minimum atomic E-state index is -0.462. The van der Waals surface area contributed by atoms with Crippen molar-refractivity contribution < 1.29 is 14.3 Å². The fourth-order valence-electron chi connectivity index (χ4n) is 2.19. The Balaban J connectivity index is 2.09. The van der Waals surface area contributed by atoms with E-state index in [2.05, 4.69) is 10.3 Å². The molecule has 16 heavy (non-hydrogen) atoms. The van der Waals surface area contributed by atoms with Gasteiger partial charge in [0.05, 0.1) is 17.8 Å². The van der Waals surface area contributed by atoms with Gasteiger partial charge in [0.15, 0.2) is 6.39 Å². The van der Waals surface area contributed by atoms with Crippen LogP contribution >= 0.6 is 0 Å². The van der Waals surface area contributed by atoms with Gasteiger partial charge in [-0.1, -0.05) is 12.8 Å². The van der Waals surface area contributed by atoms with Gasteiger partial charge in [-0.05, 0) is 19.8 Å². The molecular formula is C11H16N2O3. The van der Waals surface area contributed by atoms with Crippen molar-refractivity contribution in [2.45, 2.75) is 38.1 Å². The van der Waals surface area contributed by atoms with E-state index in [0.29, 0.717) is 5.69 Å². The maximum absolute atomic E-state index is 11.9. The van der Waals surface area contributed by atoms with E-state index in [0.717, 1.165) is 25.7 Å². The minimum Gasteiger partial charge on any atom is -0.438 e. The van der Waals surface area contributed by atoms with Crippen LogP contribution in [0.2, 0.25) is 0 Å². The van der Waals surface area contributed by atoms with E-state index in [4.69, 9.17) is 4.42 Å². The molecule has 1 fully saturated rings. The molecular weight excluding hydrogens is 208 g/mol. The van der Waals surface area contributed by atoms with E-state index in [1.54, 1.807) is 6.92 Å². The Morgan fingerprint density at radius 1 is 1.62 bits per heavy atom. The van der Waals surface area contributed by atoms with E-state index < -0.39 is 5.54 Å². The largest absolute Gasteiger partial charge is 0.438 e. The second kappa shape index (κ2) is 4.25. The highest BCUT2D eigenvalue weighted by Gasteiger charge is 2.35. The predicted molar refractivity (Wildman–Crippen MR) is 57.0 cm³/mol. The summed E-state index contributed by atoms with van der Waals surface area (Å²) in [5.74, 6) is -0.0503. The van der Waals surface area contributed by atoms with Crippen LogP contribution in [0.4, 0.5) is 0 Å². The summed E-state index contributed by atoms with van der Waals surface area (Å²) in [5, 5.41) is 12.2. The number of aromatic nitrogens is 1. The quantitative estimate of drug-likeness (QED) is 0.803. The van der Waals surface area contributed by atoms with Crippen LogP contribution in [0.3, 0.4) is 0 Å². The fraction of sp³-hybridized carbons (Fsp3) is 0.636. The van der Waals surface area contributed by atoms with Crippen molar-refractivity contribution in [3.8, 4) is 0 Å². The van der Waals surface area contributed by atoms with Crippen LogP contribution < -0.4 is 5.32 Å². The van der Waals surface area contributed by atoms with Crippen molar-refractivity contribution in [1.29, 1.82) is 0 Å². The highest BCUT2D eigenvalue weighted by molar-refractivity contribution is 5.92. The maximum Gasteiger partial charge on any atom is 0.289 e. The summed E-state index contributed by atoms with van der Waals surface area (Å²) in [5.41, 5.74) is 0.111. The van der Waals surface area contributed by atoms with Crippen molar-refractivity contribution >= 4 is 5.91 Å². The molecule has 2 N–H and O–H groups in total. The summed E-state index contributed by atoms with van der Waals surface area (Å²) in [4.78, 5) is 15.8. The molecule has 1 aromatic rings. The zero-order chi connectivity index (χ0) is 11.6. The summed E-state index contributed by atoms with van der Waals surface area (Å²) in [6.07, 6.45) is 4.97. The average molecular weight is 224 g/mol. The summed E-state index contributed by atoms with van der Waals surface area (Å²) in [6.45, 7) is 1.70. The van der Waals surface area contributed by atoms with Gasteiger partial charge in [0.2, 0.25) is 5.76 Å². The van der Waals surface area contributed by atoms with Crippen LogP contribution in [0.15, 0.2) is 10.8 Å². The molecule has 0 unspecified atom stereocenters. The first-order valence-electron chi connectivity index (χ1n) is 5.50. The van der Waals surface area contributed by atoms with Gasteiger partial charge in [0.25, 0.3) is 5.91 Å². The molecule has 1 amide bonds. The third-order valence-corrected chi connectivity index (χ3v) is 3.19. The Hall–Kier alpha value is -1.36. The third kappa shape index (κ3) is 1.95. The van der Waals surface area contributed by atoms with Gasteiger partial charge in [-0.25, -0.2) is 4.98 Å². The number of aliphatic hydroxyl groups excluding tert-OH is 1. The monoisotopic (exact) mass is 224 g/mol. The number of carbonyl (C=O) groups excluding carboxylic acids is 1. The average Bonchev–Trinajstić information content (AvgIpc) is 2.87. The Kier molecular flexibility index (Phi) is 2.96. The minimum absolute atomic E-state index is 0.0219. The number of aryl methyl sites for hydroxylation is 1. The summed E-state index contributed by atoms with van der Waals surface area (Å²) < 4.78 is 5.02. The van der Waals surface area contributed by atoms with Crippen LogP contribution in [-0.4, -0.2) is 28.1 Å². The van der Waals surface area contributed by atoms with E-state index in [1.165, 1.54) is 6.39 Å². The molecule has 1 heterocycles. The number of carbonyl (C=O) groups is 1. The Morgan fingerprint density at radius 3 is 2.81 bits per heavy atom. The van der Waals surface area contributed by atoms with E-state index >= 15 is 0 Å². The molecule has 2 rings (SSSR count). The van der Waals surface area contributed by atoms with E-state index in [9.17, 15) is 9.90 Å². The highest BCUT2D eigenvalue weighted by Crippen LogP contribution is 2.29. The lowest BCUT2D eigenvalue weighted by molar-refractivity contribution is 0.0810. The lowest BCUT2D eigenvalue weighted by Crippen LogP contribution is -2.49. The zero-order valence-electron chi connectivity index (χ0n) is 9.32. The number of hydrogen-bond donors (Lipinski definition) is 2. The van der Waals surface area contributed by atoms with Crippen molar-refractivity contribution in [1.82, 2.24) is 10.3 Å². The SMILES string of the molecule is Cc1ncoc1C(=O)NC1(CO)CCCC1. The molecule has 0 bridgehead atoms. The Bertz CT molecular complexity index is 380. The highest BCUT2D eigenvalue weighted by atomic mass is 16.3. The van der Waals surface area contributed by atoms with Crippen LogP contribution in [0.5, 0.6) is 0 Å². The summed E-state index contributed by atoms with van der Waals surface area (Å²) >= 11 is 0. The molecule has 1 aliphatic carbocycles. The van der Waals surface area contributed by atoms with Crippen molar-refractivity contribution in [2.24, 2.45) is 0 Å². The molecule has 5 heteroatoms. The number of aliphatic hydroxyl groups is 1. The standard InChI is InChI=1S/C11H16N2O3/c1-8-9(16-7-12-8)10(15)13-11(6-14)4-2-3-5-11/h7,14H,2-6H2,1H3,(H,13,15). The van der Waals surface area contributed by atoms with Crippen LogP contribution in [-0.2, 0) is 0 Å². The lowest BCUT2D eigenvalue weighted by Gasteiger charge is -2.27. The number of oxazole rings is 1. The second-order valence-electron chi connectivity index (χ2n) is 4.37. The molecule has 0 radical (unpaired) electrons. The number of nitrogens with zero attached hydrogens (tertiary/aromatic N) is 1. The first-order chi connectivity index (χ1) is 7.67. The number of rotatable bonds is 3. The van der Waals surface area contributed by atoms with Gasteiger partial charge >= 0.3 is 0 Å². The predicted octanol–water partition coefficient (Wildman–Crippen LogP) is 1.02. The normalized spacial score (nSPS) is 18.6. The molecule has 1 saturated carbocycles. The van der Waals surface area contributed by atoms with Gasteiger partial charge in [0.1, 0.15) is 0 Å². The van der Waals surface area contributed by atoms with Crippen molar-refractivity contribution in [3.63, 3.8) is 0 Å².